The molecule has 1 aromatic carbocycles. The molecule has 1 unspecified atom stereocenters. The standard InChI is InChI=1S/C17H18BrN3O.ClH/c1-12-9-14(18)4-5-15(12)17(22)21-8-7-20-11-16(21)13-3-2-6-19-10-13;/h2-6,9-10,16,20H,7-8,11H2,1H3;1H. The number of aromatic nitrogens is 1. The molecule has 1 atom stereocenters. The average molecular weight is 397 g/mol. The van der Waals surface area contributed by atoms with Gasteiger partial charge < -0.3 is 10.2 Å². The first-order valence-corrected chi connectivity index (χ1v) is 8.14. The highest BCUT2D eigenvalue weighted by atomic mass is 79.9. The van der Waals surface area contributed by atoms with E-state index < -0.39 is 0 Å². The molecular weight excluding hydrogens is 378 g/mol. The van der Waals surface area contributed by atoms with Gasteiger partial charge in [-0.1, -0.05) is 22.0 Å². The number of pyridine rings is 1. The topological polar surface area (TPSA) is 45.2 Å². The summed E-state index contributed by atoms with van der Waals surface area (Å²) in [4.78, 5) is 19.1. The maximum atomic E-state index is 13.0. The molecule has 1 aliphatic rings. The largest absolute Gasteiger partial charge is 0.329 e. The molecule has 0 aliphatic carbocycles. The van der Waals surface area contributed by atoms with Crippen LogP contribution in [0.4, 0.5) is 0 Å². The first kappa shape index (κ1) is 17.9. The molecule has 0 saturated carbocycles. The number of benzene rings is 1. The Bertz CT molecular complexity index is 681. The predicted octanol–water partition coefficient (Wildman–Crippen LogP) is 3.36. The molecule has 0 bridgehead atoms. The van der Waals surface area contributed by atoms with Gasteiger partial charge in [-0.3, -0.25) is 9.78 Å². The van der Waals surface area contributed by atoms with Gasteiger partial charge in [0.15, 0.2) is 0 Å². The molecule has 1 N–H and O–H groups in total. The van der Waals surface area contributed by atoms with Crippen LogP contribution in [0.1, 0.15) is 27.5 Å². The number of amides is 1. The second-order valence-electron chi connectivity index (χ2n) is 5.46. The van der Waals surface area contributed by atoms with Crippen molar-refractivity contribution in [3.8, 4) is 0 Å². The summed E-state index contributed by atoms with van der Waals surface area (Å²) in [6.07, 6.45) is 3.59. The molecule has 1 aromatic heterocycles. The summed E-state index contributed by atoms with van der Waals surface area (Å²) in [6.45, 7) is 4.25. The monoisotopic (exact) mass is 395 g/mol. The van der Waals surface area contributed by atoms with Crippen LogP contribution in [0, 0.1) is 6.92 Å². The molecule has 1 fully saturated rings. The van der Waals surface area contributed by atoms with E-state index in [4.69, 9.17) is 0 Å². The minimum absolute atomic E-state index is 0. The van der Waals surface area contributed by atoms with Crippen molar-refractivity contribution in [1.29, 1.82) is 0 Å². The van der Waals surface area contributed by atoms with E-state index in [9.17, 15) is 4.79 Å². The molecule has 23 heavy (non-hydrogen) atoms. The Kier molecular flexibility index (Phi) is 6.16. The Morgan fingerprint density at radius 3 is 2.91 bits per heavy atom. The third-order valence-corrected chi connectivity index (χ3v) is 4.49. The summed E-state index contributed by atoms with van der Waals surface area (Å²) < 4.78 is 0.991. The first-order chi connectivity index (χ1) is 10.7. The zero-order chi connectivity index (χ0) is 15.5. The van der Waals surface area contributed by atoms with Crippen LogP contribution in [0.15, 0.2) is 47.2 Å². The molecule has 0 spiro atoms. The lowest BCUT2D eigenvalue weighted by molar-refractivity contribution is 0.0633. The number of carbonyl (C=O) groups is 1. The van der Waals surface area contributed by atoms with E-state index in [1.54, 1.807) is 6.20 Å². The number of rotatable bonds is 2. The summed E-state index contributed by atoms with van der Waals surface area (Å²) in [5.41, 5.74) is 2.82. The molecule has 2 heterocycles. The average Bonchev–Trinajstić information content (AvgIpc) is 2.55. The Balaban J connectivity index is 0.00000192. The maximum Gasteiger partial charge on any atom is 0.254 e. The molecule has 4 nitrogen and oxygen atoms in total. The minimum Gasteiger partial charge on any atom is -0.329 e. The molecule has 1 amide bonds. The van der Waals surface area contributed by atoms with Crippen molar-refractivity contribution in [1.82, 2.24) is 15.2 Å². The minimum atomic E-state index is 0. The summed E-state index contributed by atoms with van der Waals surface area (Å²) in [5.74, 6) is 0.0837. The van der Waals surface area contributed by atoms with Gasteiger partial charge in [0.25, 0.3) is 5.91 Å². The fraction of sp³-hybridized carbons (Fsp3) is 0.294. The van der Waals surface area contributed by atoms with Crippen molar-refractivity contribution in [3.05, 3.63) is 63.9 Å². The van der Waals surface area contributed by atoms with Crippen LogP contribution < -0.4 is 5.32 Å². The lowest BCUT2D eigenvalue weighted by Gasteiger charge is -2.36. The number of aryl methyl sites for hydroxylation is 1. The van der Waals surface area contributed by atoms with Crippen LogP contribution in [0.2, 0.25) is 0 Å². The number of carbonyl (C=O) groups excluding carboxylic acids is 1. The highest BCUT2D eigenvalue weighted by Crippen LogP contribution is 2.25. The van der Waals surface area contributed by atoms with Gasteiger partial charge in [-0.05, 0) is 42.3 Å². The Hall–Kier alpha value is -1.43. The van der Waals surface area contributed by atoms with Crippen molar-refractivity contribution in [2.24, 2.45) is 0 Å². The summed E-state index contributed by atoms with van der Waals surface area (Å²) in [6, 6.07) is 9.76. The van der Waals surface area contributed by atoms with Gasteiger partial charge >= 0.3 is 0 Å². The normalized spacial score (nSPS) is 17.5. The van der Waals surface area contributed by atoms with Crippen LogP contribution in [0.3, 0.4) is 0 Å². The van der Waals surface area contributed by atoms with Crippen LogP contribution >= 0.6 is 28.3 Å². The Labute approximate surface area is 150 Å². The highest BCUT2D eigenvalue weighted by molar-refractivity contribution is 9.10. The van der Waals surface area contributed by atoms with Gasteiger partial charge in [0, 0.05) is 42.1 Å². The molecule has 122 valence electrons. The summed E-state index contributed by atoms with van der Waals surface area (Å²) >= 11 is 3.45. The summed E-state index contributed by atoms with van der Waals surface area (Å²) in [5, 5.41) is 3.36. The van der Waals surface area contributed by atoms with Gasteiger partial charge in [0.1, 0.15) is 0 Å². The third kappa shape index (κ3) is 3.91. The van der Waals surface area contributed by atoms with Crippen molar-refractivity contribution in [2.75, 3.05) is 19.6 Å². The fourth-order valence-electron chi connectivity index (χ4n) is 2.84. The number of hydrogen-bond acceptors (Lipinski definition) is 3. The number of nitrogens with one attached hydrogen (secondary N) is 1. The van der Waals surface area contributed by atoms with Crippen molar-refractivity contribution < 1.29 is 4.79 Å². The molecule has 6 heteroatoms. The van der Waals surface area contributed by atoms with Gasteiger partial charge in [-0.15, -0.1) is 12.4 Å². The zero-order valence-electron chi connectivity index (χ0n) is 12.8. The van der Waals surface area contributed by atoms with E-state index in [1.807, 2.05) is 48.4 Å². The van der Waals surface area contributed by atoms with E-state index in [0.29, 0.717) is 6.54 Å². The molecule has 2 aromatic rings. The van der Waals surface area contributed by atoms with E-state index in [2.05, 4.69) is 26.2 Å². The Morgan fingerprint density at radius 2 is 2.22 bits per heavy atom. The quantitative estimate of drug-likeness (QED) is 0.846. The van der Waals surface area contributed by atoms with E-state index in [0.717, 1.165) is 34.3 Å². The predicted molar refractivity (Wildman–Crippen MR) is 97.0 cm³/mol. The zero-order valence-corrected chi connectivity index (χ0v) is 15.2. The lowest BCUT2D eigenvalue weighted by Crippen LogP contribution is -2.48. The maximum absolute atomic E-state index is 13.0. The number of nitrogens with zero attached hydrogens (tertiary/aromatic N) is 2. The highest BCUT2D eigenvalue weighted by Gasteiger charge is 2.29. The van der Waals surface area contributed by atoms with Crippen molar-refractivity contribution >= 4 is 34.2 Å². The third-order valence-electron chi connectivity index (χ3n) is 3.99. The smallest absolute Gasteiger partial charge is 0.254 e. The second kappa shape index (κ2) is 7.90. The lowest BCUT2D eigenvalue weighted by atomic mass is 10.0. The van der Waals surface area contributed by atoms with Gasteiger partial charge in [0.2, 0.25) is 0 Å². The van der Waals surface area contributed by atoms with Gasteiger partial charge in [-0.25, -0.2) is 0 Å². The van der Waals surface area contributed by atoms with Gasteiger partial charge in [0.05, 0.1) is 6.04 Å². The molecular formula is C17H19BrClN3O. The van der Waals surface area contributed by atoms with Crippen LogP contribution in [0.25, 0.3) is 0 Å². The SMILES string of the molecule is Cc1cc(Br)ccc1C(=O)N1CCNCC1c1cccnc1.Cl. The number of halogens is 2. The van der Waals surface area contributed by atoms with Crippen LogP contribution in [0.5, 0.6) is 0 Å². The van der Waals surface area contributed by atoms with Crippen molar-refractivity contribution in [2.45, 2.75) is 13.0 Å². The first-order valence-electron chi connectivity index (χ1n) is 7.34. The van der Waals surface area contributed by atoms with Crippen LogP contribution in [-0.4, -0.2) is 35.4 Å². The molecule has 3 rings (SSSR count). The fourth-order valence-corrected chi connectivity index (χ4v) is 3.32. The molecule has 1 saturated heterocycles. The number of piperazine rings is 1. The molecule has 0 radical (unpaired) electrons. The van der Waals surface area contributed by atoms with Gasteiger partial charge in [-0.2, -0.15) is 0 Å². The van der Waals surface area contributed by atoms with Crippen LogP contribution in [-0.2, 0) is 0 Å². The van der Waals surface area contributed by atoms with E-state index in [1.165, 1.54) is 0 Å². The Morgan fingerprint density at radius 1 is 1.39 bits per heavy atom. The van der Waals surface area contributed by atoms with Crippen molar-refractivity contribution in [3.63, 3.8) is 0 Å². The summed E-state index contributed by atoms with van der Waals surface area (Å²) in [7, 11) is 0. The van der Waals surface area contributed by atoms with E-state index in [-0.39, 0.29) is 24.4 Å². The second-order valence-corrected chi connectivity index (χ2v) is 6.38. The number of hydrogen-bond donors (Lipinski definition) is 1. The molecule has 1 aliphatic heterocycles. The van der Waals surface area contributed by atoms with E-state index >= 15 is 0 Å².